The molecular formula is C17H17ClO3. The highest BCUT2D eigenvalue weighted by Gasteiger charge is 2.24. The molecule has 3 nitrogen and oxygen atoms in total. The number of aryl methyl sites for hydroxylation is 1. The summed E-state index contributed by atoms with van der Waals surface area (Å²) in [4.78, 5) is 12.0. The second kappa shape index (κ2) is 7.14. The first-order valence-corrected chi connectivity index (χ1v) is 7.02. The molecule has 2 aromatic rings. The van der Waals surface area contributed by atoms with E-state index in [2.05, 4.69) is 0 Å². The normalized spacial score (nSPS) is 11.8. The highest BCUT2D eigenvalue weighted by Crippen LogP contribution is 2.27. The molecule has 0 aromatic heterocycles. The summed E-state index contributed by atoms with van der Waals surface area (Å²) in [6.07, 6.45) is 0. The van der Waals surface area contributed by atoms with Crippen LogP contribution in [-0.2, 0) is 9.53 Å². The van der Waals surface area contributed by atoms with E-state index in [1.54, 1.807) is 6.07 Å². The smallest absolute Gasteiger partial charge is 0.316 e. The maximum atomic E-state index is 12.0. The van der Waals surface area contributed by atoms with Crippen LogP contribution >= 0.6 is 11.6 Å². The van der Waals surface area contributed by atoms with Gasteiger partial charge < -0.3 is 9.47 Å². The van der Waals surface area contributed by atoms with Crippen molar-refractivity contribution in [2.75, 3.05) is 13.7 Å². The molecule has 0 saturated carbocycles. The fourth-order valence-corrected chi connectivity index (χ4v) is 2.34. The maximum Gasteiger partial charge on any atom is 0.316 e. The van der Waals surface area contributed by atoms with Crippen molar-refractivity contribution in [3.63, 3.8) is 0 Å². The van der Waals surface area contributed by atoms with Gasteiger partial charge in [-0.15, -0.1) is 0 Å². The molecule has 0 fully saturated rings. The zero-order chi connectivity index (χ0) is 15.2. The number of methoxy groups -OCH3 is 1. The van der Waals surface area contributed by atoms with Crippen LogP contribution in [0.5, 0.6) is 5.75 Å². The van der Waals surface area contributed by atoms with Crippen molar-refractivity contribution in [1.82, 2.24) is 0 Å². The van der Waals surface area contributed by atoms with Gasteiger partial charge in [0.2, 0.25) is 0 Å². The van der Waals surface area contributed by atoms with E-state index in [0.29, 0.717) is 10.6 Å². The number of rotatable bonds is 5. The third-order valence-corrected chi connectivity index (χ3v) is 3.61. The Morgan fingerprint density at radius 3 is 2.48 bits per heavy atom. The first-order valence-electron chi connectivity index (χ1n) is 6.64. The predicted molar refractivity (Wildman–Crippen MR) is 82.9 cm³/mol. The topological polar surface area (TPSA) is 35.5 Å². The van der Waals surface area contributed by atoms with E-state index < -0.39 is 5.92 Å². The lowest BCUT2D eigenvalue weighted by atomic mass is 10.00. The zero-order valence-electron chi connectivity index (χ0n) is 12.0. The van der Waals surface area contributed by atoms with Gasteiger partial charge >= 0.3 is 5.97 Å². The molecule has 0 saturated heterocycles. The van der Waals surface area contributed by atoms with Crippen LogP contribution in [-0.4, -0.2) is 19.7 Å². The number of esters is 1. The van der Waals surface area contributed by atoms with Gasteiger partial charge in [0, 0.05) is 5.02 Å². The Bertz CT molecular complexity index is 625. The summed E-state index contributed by atoms with van der Waals surface area (Å²) in [6.45, 7) is 2.14. The molecule has 0 bridgehead atoms. The number of para-hydroxylation sites is 1. The molecule has 0 spiro atoms. The Morgan fingerprint density at radius 1 is 1.14 bits per heavy atom. The van der Waals surface area contributed by atoms with Crippen LogP contribution < -0.4 is 4.74 Å². The largest absolute Gasteiger partial charge is 0.492 e. The van der Waals surface area contributed by atoms with Crippen LogP contribution in [0.2, 0.25) is 5.02 Å². The second-order valence-electron chi connectivity index (χ2n) is 4.67. The van der Waals surface area contributed by atoms with Crippen molar-refractivity contribution >= 4 is 17.6 Å². The summed E-state index contributed by atoms with van der Waals surface area (Å²) in [5, 5.41) is 0.529. The Kier molecular flexibility index (Phi) is 5.23. The van der Waals surface area contributed by atoms with Gasteiger partial charge in [0.1, 0.15) is 18.3 Å². The number of carbonyl (C=O) groups is 1. The summed E-state index contributed by atoms with van der Waals surface area (Å²) in [7, 11) is 1.36. The van der Waals surface area contributed by atoms with Gasteiger partial charge in [0.15, 0.2) is 0 Å². The summed E-state index contributed by atoms with van der Waals surface area (Å²) in [6, 6.07) is 14.9. The van der Waals surface area contributed by atoms with Crippen molar-refractivity contribution in [2.24, 2.45) is 0 Å². The molecule has 0 aliphatic carbocycles. The van der Waals surface area contributed by atoms with Gasteiger partial charge in [-0.05, 0) is 30.2 Å². The first-order chi connectivity index (χ1) is 10.1. The molecule has 0 aliphatic rings. The van der Waals surface area contributed by atoms with Crippen molar-refractivity contribution in [1.29, 1.82) is 0 Å². The van der Waals surface area contributed by atoms with Crippen LogP contribution in [0.15, 0.2) is 48.5 Å². The Balaban J connectivity index is 2.21. The van der Waals surface area contributed by atoms with E-state index in [9.17, 15) is 4.79 Å². The molecule has 21 heavy (non-hydrogen) atoms. The number of halogens is 1. The van der Waals surface area contributed by atoms with Crippen molar-refractivity contribution in [3.8, 4) is 5.75 Å². The quantitative estimate of drug-likeness (QED) is 0.784. The third kappa shape index (κ3) is 3.76. The predicted octanol–water partition coefficient (Wildman–Crippen LogP) is 3.98. The summed E-state index contributed by atoms with van der Waals surface area (Å²) < 4.78 is 10.6. The fraction of sp³-hybridized carbons (Fsp3) is 0.235. The number of hydrogen-bond acceptors (Lipinski definition) is 3. The average molecular weight is 305 g/mol. The molecular weight excluding hydrogens is 288 g/mol. The lowest BCUT2D eigenvalue weighted by molar-refractivity contribution is -0.143. The van der Waals surface area contributed by atoms with Gasteiger partial charge in [0.25, 0.3) is 0 Å². The van der Waals surface area contributed by atoms with Crippen molar-refractivity contribution in [2.45, 2.75) is 12.8 Å². The van der Waals surface area contributed by atoms with E-state index >= 15 is 0 Å². The summed E-state index contributed by atoms with van der Waals surface area (Å²) in [5.74, 6) is -0.168. The standard InChI is InChI=1S/C17H17ClO3/c1-12-7-3-6-10-16(12)21-11-14(17(19)20-2)13-8-4-5-9-15(13)18/h3-10,14H,11H2,1-2H3. The van der Waals surface area contributed by atoms with Gasteiger partial charge in [-0.1, -0.05) is 48.0 Å². The molecule has 110 valence electrons. The Labute approximate surface area is 129 Å². The van der Waals surface area contributed by atoms with E-state index in [1.807, 2.05) is 49.4 Å². The average Bonchev–Trinajstić information content (AvgIpc) is 2.50. The van der Waals surface area contributed by atoms with Crippen LogP contribution in [0, 0.1) is 6.92 Å². The lowest BCUT2D eigenvalue weighted by Gasteiger charge is -2.18. The molecule has 2 aromatic carbocycles. The summed E-state index contributed by atoms with van der Waals surface area (Å²) >= 11 is 6.17. The van der Waals surface area contributed by atoms with Gasteiger partial charge in [-0.2, -0.15) is 0 Å². The van der Waals surface area contributed by atoms with Crippen molar-refractivity contribution in [3.05, 3.63) is 64.7 Å². The molecule has 0 aliphatic heterocycles. The van der Waals surface area contributed by atoms with E-state index in [4.69, 9.17) is 21.1 Å². The fourth-order valence-electron chi connectivity index (χ4n) is 2.08. The number of hydrogen-bond donors (Lipinski definition) is 0. The first kappa shape index (κ1) is 15.4. The molecule has 2 rings (SSSR count). The van der Waals surface area contributed by atoms with Crippen LogP contribution in [0.4, 0.5) is 0 Å². The van der Waals surface area contributed by atoms with E-state index in [-0.39, 0.29) is 12.6 Å². The minimum absolute atomic E-state index is 0.182. The molecule has 4 heteroatoms. The van der Waals surface area contributed by atoms with Crippen LogP contribution in [0.1, 0.15) is 17.0 Å². The molecule has 0 N–H and O–H groups in total. The number of carbonyl (C=O) groups excluding carboxylic acids is 1. The highest BCUT2D eigenvalue weighted by atomic mass is 35.5. The van der Waals surface area contributed by atoms with Gasteiger partial charge in [-0.3, -0.25) is 4.79 Å². The monoisotopic (exact) mass is 304 g/mol. The lowest BCUT2D eigenvalue weighted by Crippen LogP contribution is -2.21. The van der Waals surface area contributed by atoms with Crippen LogP contribution in [0.25, 0.3) is 0 Å². The highest BCUT2D eigenvalue weighted by molar-refractivity contribution is 6.31. The Morgan fingerprint density at radius 2 is 1.81 bits per heavy atom. The van der Waals surface area contributed by atoms with Crippen molar-refractivity contribution < 1.29 is 14.3 Å². The number of benzene rings is 2. The third-order valence-electron chi connectivity index (χ3n) is 3.27. The molecule has 0 amide bonds. The molecule has 0 radical (unpaired) electrons. The zero-order valence-corrected chi connectivity index (χ0v) is 12.8. The second-order valence-corrected chi connectivity index (χ2v) is 5.08. The van der Waals surface area contributed by atoms with Gasteiger partial charge in [0.05, 0.1) is 7.11 Å². The van der Waals surface area contributed by atoms with Crippen LogP contribution in [0.3, 0.4) is 0 Å². The summed E-state index contributed by atoms with van der Waals surface area (Å²) in [5.41, 5.74) is 1.72. The molecule has 0 heterocycles. The maximum absolute atomic E-state index is 12.0. The SMILES string of the molecule is COC(=O)C(COc1ccccc1C)c1ccccc1Cl. The van der Waals surface area contributed by atoms with E-state index in [0.717, 1.165) is 11.3 Å². The number of ether oxygens (including phenoxy) is 2. The molecule has 1 atom stereocenters. The molecule has 1 unspecified atom stereocenters. The Hall–Kier alpha value is -2.00. The minimum Gasteiger partial charge on any atom is -0.492 e. The minimum atomic E-state index is -0.552. The van der Waals surface area contributed by atoms with E-state index in [1.165, 1.54) is 7.11 Å². The van der Waals surface area contributed by atoms with Gasteiger partial charge in [-0.25, -0.2) is 0 Å².